The predicted octanol–water partition coefficient (Wildman–Crippen LogP) is 4.30. The van der Waals surface area contributed by atoms with Crippen molar-refractivity contribution in [3.63, 3.8) is 0 Å². The van der Waals surface area contributed by atoms with Gasteiger partial charge in [0, 0.05) is 18.8 Å². The standard InChI is InChI=1S/C21H19FN6/c22-15-8-10-16(11-9-15)24-19-18-14-23-28(17-6-2-1-3-7-17)20(18)26-21(25-19)27-12-4-5-13-27/h1-3,6-11,14H,4-5,12-13H2,(H,24,25,26). The summed E-state index contributed by atoms with van der Waals surface area (Å²) in [6.07, 6.45) is 4.04. The van der Waals surface area contributed by atoms with Gasteiger partial charge in [0.15, 0.2) is 5.65 Å². The van der Waals surface area contributed by atoms with Crippen LogP contribution in [0.5, 0.6) is 0 Å². The average Bonchev–Trinajstić information content (AvgIpc) is 3.40. The molecule has 0 saturated carbocycles. The summed E-state index contributed by atoms with van der Waals surface area (Å²) in [6, 6.07) is 16.2. The molecule has 1 aliphatic rings. The van der Waals surface area contributed by atoms with Gasteiger partial charge in [0.05, 0.1) is 17.3 Å². The molecule has 2 aromatic heterocycles. The van der Waals surface area contributed by atoms with Gasteiger partial charge >= 0.3 is 0 Å². The molecule has 0 spiro atoms. The molecule has 28 heavy (non-hydrogen) atoms. The second-order valence-electron chi connectivity index (χ2n) is 6.83. The van der Waals surface area contributed by atoms with Gasteiger partial charge in [0.25, 0.3) is 0 Å². The van der Waals surface area contributed by atoms with Crippen molar-refractivity contribution < 1.29 is 4.39 Å². The number of hydrogen-bond acceptors (Lipinski definition) is 5. The van der Waals surface area contributed by atoms with E-state index in [0.717, 1.165) is 48.3 Å². The Morgan fingerprint density at radius 1 is 0.893 bits per heavy atom. The monoisotopic (exact) mass is 374 g/mol. The smallest absolute Gasteiger partial charge is 0.229 e. The predicted molar refractivity (Wildman–Crippen MR) is 108 cm³/mol. The summed E-state index contributed by atoms with van der Waals surface area (Å²) in [6.45, 7) is 1.89. The molecule has 0 bridgehead atoms. The molecule has 1 aliphatic heterocycles. The largest absolute Gasteiger partial charge is 0.341 e. The number of fused-ring (bicyclic) bond motifs is 1. The van der Waals surface area contributed by atoms with Crippen molar-refractivity contribution in [3.8, 4) is 5.69 Å². The minimum Gasteiger partial charge on any atom is -0.341 e. The summed E-state index contributed by atoms with van der Waals surface area (Å²) in [4.78, 5) is 11.8. The number of para-hydroxylation sites is 1. The number of nitrogens with zero attached hydrogens (tertiary/aromatic N) is 5. The summed E-state index contributed by atoms with van der Waals surface area (Å²) >= 11 is 0. The Kier molecular flexibility index (Phi) is 4.12. The Morgan fingerprint density at radius 3 is 2.39 bits per heavy atom. The average molecular weight is 374 g/mol. The minimum absolute atomic E-state index is 0.270. The summed E-state index contributed by atoms with van der Waals surface area (Å²) in [5, 5.41) is 8.67. The Labute approximate surface area is 161 Å². The highest BCUT2D eigenvalue weighted by atomic mass is 19.1. The second kappa shape index (κ2) is 6.92. The van der Waals surface area contributed by atoms with Gasteiger partial charge in [-0.15, -0.1) is 0 Å². The van der Waals surface area contributed by atoms with E-state index in [1.807, 2.05) is 35.0 Å². The molecule has 3 heterocycles. The first-order chi connectivity index (χ1) is 13.8. The molecule has 0 atom stereocenters. The molecular formula is C21H19FN6. The maximum Gasteiger partial charge on any atom is 0.229 e. The lowest BCUT2D eigenvalue weighted by molar-refractivity contribution is 0.628. The van der Waals surface area contributed by atoms with E-state index in [1.54, 1.807) is 18.3 Å². The van der Waals surface area contributed by atoms with Crippen LogP contribution in [0.4, 0.5) is 21.8 Å². The van der Waals surface area contributed by atoms with Gasteiger partial charge in [-0.3, -0.25) is 0 Å². The van der Waals surface area contributed by atoms with Crippen LogP contribution in [0.25, 0.3) is 16.7 Å². The molecule has 7 heteroatoms. The Morgan fingerprint density at radius 2 is 1.64 bits per heavy atom. The molecule has 2 aromatic carbocycles. The van der Waals surface area contributed by atoms with Crippen LogP contribution >= 0.6 is 0 Å². The van der Waals surface area contributed by atoms with E-state index in [2.05, 4.69) is 15.3 Å². The van der Waals surface area contributed by atoms with Gasteiger partial charge in [-0.2, -0.15) is 15.1 Å². The highest BCUT2D eigenvalue weighted by molar-refractivity contribution is 5.90. The first-order valence-electron chi connectivity index (χ1n) is 9.37. The van der Waals surface area contributed by atoms with E-state index in [4.69, 9.17) is 9.97 Å². The van der Waals surface area contributed by atoms with E-state index in [-0.39, 0.29) is 5.82 Å². The Hall–Kier alpha value is -3.48. The zero-order chi connectivity index (χ0) is 18.9. The highest BCUT2D eigenvalue weighted by Crippen LogP contribution is 2.29. The molecule has 4 aromatic rings. The maximum absolute atomic E-state index is 13.3. The van der Waals surface area contributed by atoms with Crippen LogP contribution < -0.4 is 10.2 Å². The number of rotatable bonds is 4. The van der Waals surface area contributed by atoms with E-state index >= 15 is 0 Å². The SMILES string of the molecule is Fc1ccc(Nc2nc(N3CCCC3)nc3c2cnn3-c2ccccc2)cc1. The molecule has 1 saturated heterocycles. The zero-order valence-electron chi connectivity index (χ0n) is 15.2. The third-order valence-corrected chi connectivity index (χ3v) is 4.91. The molecule has 6 nitrogen and oxygen atoms in total. The van der Waals surface area contributed by atoms with Gasteiger partial charge < -0.3 is 10.2 Å². The molecule has 0 unspecified atom stereocenters. The normalized spacial score (nSPS) is 14.0. The highest BCUT2D eigenvalue weighted by Gasteiger charge is 2.20. The molecule has 1 fully saturated rings. The van der Waals surface area contributed by atoms with Crippen LogP contribution in [0.2, 0.25) is 0 Å². The molecule has 140 valence electrons. The molecule has 0 amide bonds. The van der Waals surface area contributed by atoms with E-state index < -0.39 is 0 Å². The third kappa shape index (κ3) is 3.05. The van der Waals surface area contributed by atoms with Crippen LogP contribution in [0.15, 0.2) is 60.8 Å². The lowest BCUT2D eigenvalue weighted by Crippen LogP contribution is -2.21. The van der Waals surface area contributed by atoms with Gasteiger partial charge in [-0.1, -0.05) is 18.2 Å². The molecule has 1 N–H and O–H groups in total. The first-order valence-corrected chi connectivity index (χ1v) is 9.37. The number of benzene rings is 2. The van der Waals surface area contributed by atoms with Crippen molar-refractivity contribution in [1.29, 1.82) is 0 Å². The fourth-order valence-corrected chi connectivity index (χ4v) is 3.48. The number of halogens is 1. The fraction of sp³-hybridized carbons (Fsp3) is 0.190. The second-order valence-corrected chi connectivity index (χ2v) is 6.83. The Bertz CT molecular complexity index is 1100. The number of anilines is 3. The molecule has 5 rings (SSSR count). The first kappa shape index (κ1) is 16.7. The van der Waals surface area contributed by atoms with Crippen LogP contribution in [0.3, 0.4) is 0 Å². The zero-order valence-corrected chi connectivity index (χ0v) is 15.2. The van der Waals surface area contributed by atoms with Crippen molar-refractivity contribution in [2.24, 2.45) is 0 Å². The molecule has 0 radical (unpaired) electrons. The van der Waals surface area contributed by atoms with Crippen LogP contribution in [0.1, 0.15) is 12.8 Å². The molecule has 0 aliphatic carbocycles. The molecular weight excluding hydrogens is 355 g/mol. The fourth-order valence-electron chi connectivity index (χ4n) is 3.48. The summed E-state index contributed by atoms with van der Waals surface area (Å²) in [5.41, 5.74) is 2.45. The van der Waals surface area contributed by atoms with Crippen LogP contribution in [-0.2, 0) is 0 Å². The van der Waals surface area contributed by atoms with Gasteiger partial charge in [-0.25, -0.2) is 9.07 Å². The number of nitrogens with one attached hydrogen (secondary N) is 1. The van der Waals surface area contributed by atoms with E-state index in [1.165, 1.54) is 12.1 Å². The van der Waals surface area contributed by atoms with Crippen molar-refractivity contribution in [2.45, 2.75) is 12.8 Å². The number of aromatic nitrogens is 4. The lowest BCUT2D eigenvalue weighted by Gasteiger charge is -2.17. The minimum atomic E-state index is -0.270. The van der Waals surface area contributed by atoms with Crippen molar-refractivity contribution >= 4 is 28.5 Å². The van der Waals surface area contributed by atoms with E-state index in [9.17, 15) is 4.39 Å². The summed E-state index contributed by atoms with van der Waals surface area (Å²) in [7, 11) is 0. The maximum atomic E-state index is 13.3. The third-order valence-electron chi connectivity index (χ3n) is 4.91. The Balaban J connectivity index is 1.65. The van der Waals surface area contributed by atoms with Crippen molar-refractivity contribution in [3.05, 3.63) is 66.6 Å². The summed E-state index contributed by atoms with van der Waals surface area (Å²) in [5.74, 6) is 1.08. The van der Waals surface area contributed by atoms with Gasteiger partial charge in [0.1, 0.15) is 11.6 Å². The van der Waals surface area contributed by atoms with Crippen molar-refractivity contribution in [1.82, 2.24) is 19.7 Å². The van der Waals surface area contributed by atoms with Gasteiger partial charge in [-0.05, 0) is 49.2 Å². The van der Waals surface area contributed by atoms with Crippen LogP contribution in [0, 0.1) is 5.82 Å². The van der Waals surface area contributed by atoms with Crippen LogP contribution in [-0.4, -0.2) is 32.8 Å². The van der Waals surface area contributed by atoms with Gasteiger partial charge in [0.2, 0.25) is 5.95 Å². The summed E-state index contributed by atoms with van der Waals surface area (Å²) < 4.78 is 15.1. The number of hydrogen-bond donors (Lipinski definition) is 1. The lowest BCUT2D eigenvalue weighted by atomic mass is 10.3. The van der Waals surface area contributed by atoms with Crippen molar-refractivity contribution in [2.75, 3.05) is 23.3 Å². The topological polar surface area (TPSA) is 58.9 Å². The quantitative estimate of drug-likeness (QED) is 0.577. The van der Waals surface area contributed by atoms with E-state index in [0.29, 0.717) is 11.8 Å².